The van der Waals surface area contributed by atoms with Gasteiger partial charge >= 0.3 is 0 Å². The number of carbonyl (C=O) groups excluding carboxylic acids is 1. The van der Waals surface area contributed by atoms with Gasteiger partial charge in [0.25, 0.3) is 5.56 Å². The minimum absolute atomic E-state index is 0.0516. The minimum Gasteiger partial charge on any atom is -0.497 e. The number of hydrogen-bond donors (Lipinski definition) is 1. The fourth-order valence-corrected chi connectivity index (χ4v) is 7.13. The van der Waals surface area contributed by atoms with Crippen molar-refractivity contribution in [3.8, 4) is 22.7 Å². The molecule has 0 bridgehead atoms. The lowest BCUT2D eigenvalue weighted by atomic mass is 9.62. The lowest BCUT2D eigenvalue weighted by Crippen LogP contribution is -2.43. The Balaban J connectivity index is 1.46. The smallest absolute Gasteiger partial charge is 0.263 e. The average Bonchev–Trinajstić information content (AvgIpc) is 2.96. The van der Waals surface area contributed by atoms with Crippen LogP contribution >= 0.6 is 23.4 Å². The van der Waals surface area contributed by atoms with Gasteiger partial charge in [-0.25, -0.2) is 4.98 Å². The Morgan fingerprint density at radius 3 is 2.58 bits per heavy atom. The summed E-state index contributed by atoms with van der Waals surface area (Å²) < 4.78 is 7.04. The molecule has 0 unspecified atom stereocenters. The molecule has 6 rings (SSSR count). The molecule has 6 nitrogen and oxygen atoms in total. The highest BCUT2D eigenvalue weighted by Gasteiger charge is 2.43. The number of anilines is 1. The van der Waals surface area contributed by atoms with Crippen molar-refractivity contribution in [2.75, 3.05) is 18.2 Å². The molecule has 4 aromatic rings. The zero-order valence-corrected chi connectivity index (χ0v) is 23.9. The Bertz CT molecular complexity index is 1630. The molecule has 8 heteroatoms. The molecular weight excluding hydrogens is 542 g/mol. The zero-order valence-electron chi connectivity index (χ0n) is 22.3. The van der Waals surface area contributed by atoms with Crippen LogP contribution in [0.4, 0.5) is 5.69 Å². The van der Waals surface area contributed by atoms with Crippen molar-refractivity contribution >= 4 is 35.0 Å². The summed E-state index contributed by atoms with van der Waals surface area (Å²) in [5.41, 5.74) is 4.86. The van der Waals surface area contributed by atoms with Crippen LogP contribution in [0.5, 0.6) is 5.75 Å². The van der Waals surface area contributed by atoms with E-state index in [-0.39, 0.29) is 22.6 Å². The Kier molecular flexibility index (Phi) is 7.43. The number of halogens is 1. The minimum atomic E-state index is -0.229. The monoisotopic (exact) mass is 571 g/mol. The van der Waals surface area contributed by atoms with Gasteiger partial charge in [0.2, 0.25) is 5.91 Å². The molecule has 1 fully saturated rings. The van der Waals surface area contributed by atoms with Gasteiger partial charge in [-0.05, 0) is 67.3 Å². The molecule has 1 saturated carbocycles. The summed E-state index contributed by atoms with van der Waals surface area (Å²) in [6, 6.07) is 22.8. The molecule has 2 aliphatic carbocycles. The largest absolute Gasteiger partial charge is 0.497 e. The van der Waals surface area contributed by atoms with E-state index in [0.717, 1.165) is 48.9 Å². The maximum atomic E-state index is 14.6. The van der Waals surface area contributed by atoms with Gasteiger partial charge in [0.1, 0.15) is 5.75 Å². The number of nitrogens with zero attached hydrogens (tertiary/aromatic N) is 2. The van der Waals surface area contributed by atoms with Crippen molar-refractivity contribution < 1.29 is 9.53 Å². The molecule has 2 aliphatic rings. The number of carbonyl (C=O) groups is 1. The summed E-state index contributed by atoms with van der Waals surface area (Å²) in [6.45, 7) is 0. The first-order valence-corrected chi connectivity index (χ1v) is 14.9. The van der Waals surface area contributed by atoms with Gasteiger partial charge in [0.05, 0.1) is 29.8 Å². The molecule has 0 saturated heterocycles. The Hall–Kier alpha value is -3.55. The van der Waals surface area contributed by atoms with Gasteiger partial charge in [0.15, 0.2) is 5.16 Å². The van der Waals surface area contributed by atoms with Crippen LogP contribution in [-0.4, -0.2) is 28.3 Å². The van der Waals surface area contributed by atoms with Crippen LogP contribution in [0.25, 0.3) is 16.9 Å². The second-order valence-corrected chi connectivity index (χ2v) is 11.9. The molecule has 1 aromatic heterocycles. The third-order valence-corrected chi connectivity index (χ3v) is 9.14. The van der Waals surface area contributed by atoms with Crippen LogP contribution in [0.15, 0.2) is 82.7 Å². The first-order valence-electron chi connectivity index (χ1n) is 13.6. The number of ether oxygens (including phenoxy) is 1. The van der Waals surface area contributed by atoms with Crippen LogP contribution in [0.3, 0.4) is 0 Å². The summed E-state index contributed by atoms with van der Waals surface area (Å²) >= 11 is 7.34. The zero-order chi connectivity index (χ0) is 27.7. The topological polar surface area (TPSA) is 73.2 Å². The summed E-state index contributed by atoms with van der Waals surface area (Å²) in [7, 11) is 1.62. The molecule has 1 amide bonds. The Labute approximate surface area is 242 Å². The summed E-state index contributed by atoms with van der Waals surface area (Å²) in [5, 5.41) is 3.92. The Morgan fingerprint density at radius 1 is 1.05 bits per heavy atom. The Morgan fingerprint density at radius 2 is 1.82 bits per heavy atom. The predicted molar refractivity (Wildman–Crippen MR) is 161 cm³/mol. The number of benzene rings is 3. The van der Waals surface area contributed by atoms with E-state index in [2.05, 4.69) is 23.5 Å². The first kappa shape index (κ1) is 26.7. The van der Waals surface area contributed by atoms with Crippen LogP contribution in [0.2, 0.25) is 5.02 Å². The molecule has 204 valence electrons. The highest BCUT2D eigenvalue weighted by molar-refractivity contribution is 7.99. The van der Waals surface area contributed by atoms with E-state index in [0.29, 0.717) is 27.3 Å². The number of amides is 1. The highest BCUT2D eigenvalue weighted by atomic mass is 35.5. The molecule has 40 heavy (non-hydrogen) atoms. The fourth-order valence-electron chi connectivity index (χ4n) is 6.14. The first-order chi connectivity index (χ1) is 19.5. The van der Waals surface area contributed by atoms with Crippen LogP contribution in [0, 0.1) is 0 Å². The van der Waals surface area contributed by atoms with Crippen molar-refractivity contribution in [3.63, 3.8) is 0 Å². The number of aromatic nitrogens is 2. The van der Waals surface area contributed by atoms with Crippen molar-refractivity contribution in [3.05, 3.63) is 99.3 Å². The molecule has 1 spiro atoms. The van der Waals surface area contributed by atoms with Crippen LogP contribution in [0.1, 0.15) is 43.2 Å². The quantitative estimate of drug-likeness (QED) is 0.198. The lowest BCUT2D eigenvalue weighted by Gasteiger charge is -2.42. The third-order valence-electron chi connectivity index (χ3n) is 7.97. The number of methoxy groups -OCH3 is 1. The molecule has 1 N–H and O–H groups in total. The standard InChI is InChI=1S/C32H30ClN3O3S/c1-39-25-14-12-24(13-15-25)36-30(38)28-29(26-11-4-3-8-21(26)19-32(28)16-5-2-6-17-32)35-31(36)40-20-27(37)34-23-10-7-9-22(33)18-23/h3-4,7-15,18H,2,5-6,16-17,19-20H2,1H3,(H,34,37). The number of thioether (sulfide) groups is 1. The molecule has 0 aliphatic heterocycles. The van der Waals surface area contributed by atoms with Gasteiger partial charge in [-0.15, -0.1) is 0 Å². The van der Waals surface area contributed by atoms with Gasteiger partial charge in [-0.2, -0.15) is 0 Å². The average molecular weight is 572 g/mol. The second-order valence-electron chi connectivity index (χ2n) is 10.5. The summed E-state index contributed by atoms with van der Waals surface area (Å²) in [6.07, 6.45) is 6.19. The van der Waals surface area contributed by atoms with E-state index in [4.69, 9.17) is 21.3 Å². The van der Waals surface area contributed by atoms with E-state index >= 15 is 0 Å². The lowest BCUT2D eigenvalue weighted by molar-refractivity contribution is -0.113. The van der Waals surface area contributed by atoms with Crippen molar-refractivity contribution in [2.45, 2.75) is 49.1 Å². The van der Waals surface area contributed by atoms with Gasteiger partial charge in [-0.1, -0.05) is 73.0 Å². The van der Waals surface area contributed by atoms with Crippen LogP contribution in [-0.2, 0) is 16.6 Å². The van der Waals surface area contributed by atoms with E-state index in [1.54, 1.807) is 35.9 Å². The maximum Gasteiger partial charge on any atom is 0.263 e. The number of hydrogen-bond acceptors (Lipinski definition) is 5. The van der Waals surface area contributed by atoms with Gasteiger partial charge in [-0.3, -0.25) is 14.2 Å². The second kappa shape index (κ2) is 11.1. The SMILES string of the molecule is COc1ccc(-n2c(SCC(=O)Nc3cccc(Cl)c3)nc3c(c2=O)C2(CCCCC2)Cc2ccccc2-3)cc1. The molecule has 1 heterocycles. The van der Waals surface area contributed by atoms with Crippen molar-refractivity contribution in [1.29, 1.82) is 0 Å². The summed E-state index contributed by atoms with van der Waals surface area (Å²) in [4.78, 5) is 32.7. The third kappa shape index (κ3) is 5.04. The summed E-state index contributed by atoms with van der Waals surface area (Å²) in [5.74, 6) is 0.584. The van der Waals surface area contributed by atoms with E-state index < -0.39 is 0 Å². The van der Waals surface area contributed by atoms with E-state index in [1.165, 1.54) is 23.7 Å². The van der Waals surface area contributed by atoms with Crippen LogP contribution < -0.4 is 15.6 Å². The van der Waals surface area contributed by atoms with E-state index in [1.807, 2.05) is 30.3 Å². The van der Waals surface area contributed by atoms with Gasteiger partial charge in [0, 0.05) is 21.7 Å². The normalized spacial score (nSPS) is 15.2. The number of nitrogens with one attached hydrogen (secondary N) is 1. The van der Waals surface area contributed by atoms with Gasteiger partial charge < -0.3 is 10.1 Å². The molecule has 3 aromatic carbocycles. The predicted octanol–water partition coefficient (Wildman–Crippen LogP) is 7.05. The van der Waals surface area contributed by atoms with Crippen molar-refractivity contribution in [1.82, 2.24) is 9.55 Å². The maximum absolute atomic E-state index is 14.6. The van der Waals surface area contributed by atoms with Crippen molar-refractivity contribution in [2.24, 2.45) is 0 Å². The van der Waals surface area contributed by atoms with E-state index in [9.17, 15) is 9.59 Å². The number of rotatable bonds is 6. The highest BCUT2D eigenvalue weighted by Crippen LogP contribution is 2.49. The molecule has 0 radical (unpaired) electrons. The molecular formula is C32H30ClN3O3S. The molecule has 0 atom stereocenters. The fraction of sp³-hybridized carbons (Fsp3) is 0.281. The number of fused-ring (bicyclic) bond motifs is 4.